The maximum Gasteiger partial charge on any atom is 0.319 e. The molecule has 2 nitrogen and oxygen atoms in total. The SMILES string of the molecule is CCCCCCCCCCOC(=O)P. The predicted octanol–water partition coefficient (Wildman–Crippen LogP) is 4.14. The Hall–Kier alpha value is -0.100. The van der Waals surface area contributed by atoms with Crippen molar-refractivity contribution in [2.24, 2.45) is 0 Å². The standard InChI is InChI=1S/C11H23O2P/c1-2-3-4-5-6-7-8-9-10-13-11(12)14/h2-10,14H2,1H3. The maximum absolute atomic E-state index is 10.4. The van der Waals surface area contributed by atoms with E-state index in [9.17, 15) is 4.79 Å². The van der Waals surface area contributed by atoms with E-state index in [0.717, 1.165) is 6.42 Å². The van der Waals surface area contributed by atoms with Gasteiger partial charge < -0.3 is 4.74 Å². The predicted molar refractivity (Wildman–Crippen MR) is 63.7 cm³/mol. The Morgan fingerprint density at radius 2 is 1.50 bits per heavy atom. The van der Waals surface area contributed by atoms with Gasteiger partial charge in [-0.1, -0.05) is 51.9 Å². The number of carbonyl (C=O) groups excluding carboxylic acids is 1. The summed E-state index contributed by atoms with van der Waals surface area (Å²) in [6.07, 6.45) is 10.2. The molecule has 0 bridgehead atoms. The Kier molecular flexibility index (Phi) is 10.9. The van der Waals surface area contributed by atoms with E-state index in [-0.39, 0.29) is 5.71 Å². The first kappa shape index (κ1) is 13.9. The fourth-order valence-corrected chi connectivity index (χ4v) is 1.53. The van der Waals surface area contributed by atoms with Crippen LogP contribution in [0.3, 0.4) is 0 Å². The van der Waals surface area contributed by atoms with Crippen molar-refractivity contribution >= 4 is 15.0 Å². The number of ether oxygens (including phenoxy) is 1. The fraction of sp³-hybridized carbons (Fsp3) is 0.909. The molecule has 0 aromatic rings. The van der Waals surface area contributed by atoms with E-state index in [1.54, 1.807) is 0 Å². The molecule has 0 spiro atoms. The molecule has 0 amide bonds. The summed E-state index contributed by atoms with van der Waals surface area (Å²) in [5.41, 5.74) is -0.243. The topological polar surface area (TPSA) is 26.3 Å². The van der Waals surface area contributed by atoms with Crippen LogP contribution >= 0.6 is 9.24 Å². The second-order valence-electron chi connectivity index (χ2n) is 3.64. The summed E-state index contributed by atoms with van der Waals surface area (Å²) < 4.78 is 4.81. The lowest BCUT2D eigenvalue weighted by Gasteiger charge is -2.02. The van der Waals surface area contributed by atoms with Crippen LogP contribution in [0.4, 0.5) is 4.79 Å². The van der Waals surface area contributed by atoms with Gasteiger partial charge in [-0.15, -0.1) is 0 Å². The number of carbonyl (C=O) groups is 1. The zero-order valence-corrected chi connectivity index (χ0v) is 10.4. The first-order valence-electron chi connectivity index (χ1n) is 5.69. The second kappa shape index (κ2) is 11.0. The van der Waals surface area contributed by atoms with Crippen LogP contribution in [0, 0.1) is 0 Å². The highest BCUT2D eigenvalue weighted by Gasteiger charge is 1.93. The summed E-state index contributed by atoms with van der Waals surface area (Å²) in [5.74, 6) is 0. The summed E-state index contributed by atoms with van der Waals surface area (Å²) in [6, 6.07) is 0. The third-order valence-corrected chi connectivity index (χ3v) is 2.41. The van der Waals surface area contributed by atoms with Crippen LogP contribution < -0.4 is 0 Å². The van der Waals surface area contributed by atoms with Gasteiger partial charge in [-0.25, -0.2) is 4.79 Å². The van der Waals surface area contributed by atoms with Gasteiger partial charge in [0, 0.05) is 0 Å². The first-order chi connectivity index (χ1) is 6.77. The molecule has 1 atom stereocenters. The molecule has 0 aliphatic carbocycles. The molecule has 84 valence electrons. The van der Waals surface area contributed by atoms with E-state index in [1.807, 2.05) is 9.24 Å². The summed E-state index contributed by atoms with van der Waals surface area (Å²) in [4.78, 5) is 10.4. The second-order valence-corrected chi connectivity index (χ2v) is 4.11. The molecule has 1 unspecified atom stereocenters. The van der Waals surface area contributed by atoms with E-state index in [0.29, 0.717) is 6.61 Å². The van der Waals surface area contributed by atoms with Crippen LogP contribution in [0.2, 0.25) is 0 Å². The van der Waals surface area contributed by atoms with E-state index in [4.69, 9.17) is 4.74 Å². The number of hydrogen-bond donors (Lipinski definition) is 0. The van der Waals surface area contributed by atoms with Gasteiger partial charge in [0.05, 0.1) is 6.61 Å². The summed E-state index contributed by atoms with van der Waals surface area (Å²) in [5, 5.41) is 0. The Morgan fingerprint density at radius 1 is 1.00 bits per heavy atom. The first-order valence-corrected chi connectivity index (χ1v) is 6.27. The number of hydrogen-bond acceptors (Lipinski definition) is 2. The van der Waals surface area contributed by atoms with Crippen LogP contribution in [0.15, 0.2) is 0 Å². The summed E-state index contributed by atoms with van der Waals surface area (Å²) >= 11 is 0. The van der Waals surface area contributed by atoms with E-state index in [1.165, 1.54) is 44.9 Å². The van der Waals surface area contributed by atoms with Crippen LogP contribution in [0.25, 0.3) is 0 Å². The largest absolute Gasteiger partial charge is 0.463 e. The van der Waals surface area contributed by atoms with Gasteiger partial charge in [-0.3, -0.25) is 0 Å². The summed E-state index contributed by atoms with van der Waals surface area (Å²) in [6.45, 7) is 2.81. The maximum atomic E-state index is 10.4. The van der Waals surface area contributed by atoms with E-state index >= 15 is 0 Å². The molecular formula is C11H23O2P. The van der Waals surface area contributed by atoms with E-state index < -0.39 is 0 Å². The number of rotatable bonds is 9. The molecule has 0 aliphatic rings. The monoisotopic (exact) mass is 218 g/mol. The van der Waals surface area contributed by atoms with Gasteiger partial charge >= 0.3 is 5.71 Å². The highest BCUT2D eigenvalue weighted by molar-refractivity contribution is 7.39. The lowest BCUT2D eigenvalue weighted by Crippen LogP contribution is -1.95. The molecule has 0 saturated carbocycles. The summed E-state index contributed by atoms with van der Waals surface area (Å²) in [7, 11) is 2.02. The minimum absolute atomic E-state index is 0.243. The fourth-order valence-electron chi connectivity index (χ4n) is 1.41. The molecule has 0 fully saturated rings. The Labute approximate surface area is 90.0 Å². The van der Waals surface area contributed by atoms with Crippen molar-refractivity contribution in [1.29, 1.82) is 0 Å². The lowest BCUT2D eigenvalue weighted by molar-refractivity contribution is 0.172. The smallest absolute Gasteiger partial charge is 0.319 e. The molecule has 0 N–H and O–H groups in total. The molecule has 0 heterocycles. The Morgan fingerprint density at radius 3 is 2.00 bits per heavy atom. The lowest BCUT2D eigenvalue weighted by atomic mass is 10.1. The molecule has 0 radical (unpaired) electrons. The van der Waals surface area contributed by atoms with Crippen molar-refractivity contribution in [3.8, 4) is 0 Å². The third-order valence-electron chi connectivity index (χ3n) is 2.24. The Bertz CT molecular complexity index is 137. The molecule has 14 heavy (non-hydrogen) atoms. The quantitative estimate of drug-likeness (QED) is 0.429. The van der Waals surface area contributed by atoms with Crippen molar-refractivity contribution in [2.75, 3.05) is 6.61 Å². The van der Waals surface area contributed by atoms with Gasteiger partial charge in [-0.05, 0) is 15.7 Å². The van der Waals surface area contributed by atoms with Crippen LogP contribution in [-0.2, 0) is 4.74 Å². The third kappa shape index (κ3) is 11.9. The van der Waals surface area contributed by atoms with Crippen LogP contribution in [0.5, 0.6) is 0 Å². The van der Waals surface area contributed by atoms with Gasteiger partial charge in [0.25, 0.3) is 0 Å². The van der Waals surface area contributed by atoms with Gasteiger partial charge in [0.15, 0.2) is 0 Å². The zero-order chi connectivity index (χ0) is 10.6. The molecule has 0 aromatic heterocycles. The van der Waals surface area contributed by atoms with E-state index in [2.05, 4.69) is 6.92 Å². The van der Waals surface area contributed by atoms with Crippen molar-refractivity contribution < 1.29 is 9.53 Å². The molecule has 0 rings (SSSR count). The van der Waals surface area contributed by atoms with Gasteiger partial charge in [0.2, 0.25) is 0 Å². The number of unbranched alkanes of at least 4 members (excludes halogenated alkanes) is 7. The van der Waals surface area contributed by atoms with Crippen molar-refractivity contribution in [3.05, 3.63) is 0 Å². The van der Waals surface area contributed by atoms with Crippen molar-refractivity contribution in [2.45, 2.75) is 58.3 Å². The molecule has 0 saturated heterocycles. The zero-order valence-electron chi connectivity index (χ0n) is 9.26. The normalized spacial score (nSPS) is 10.1. The Balaban J connectivity index is 2.88. The highest BCUT2D eigenvalue weighted by Crippen LogP contribution is 2.08. The molecular weight excluding hydrogens is 195 g/mol. The van der Waals surface area contributed by atoms with Crippen molar-refractivity contribution in [1.82, 2.24) is 0 Å². The average molecular weight is 218 g/mol. The molecule has 0 aliphatic heterocycles. The highest BCUT2D eigenvalue weighted by atomic mass is 31.0. The minimum Gasteiger partial charge on any atom is -0.463 e. The van der Waals surface area contributed by atoms with Crippen LogP contribution in [0.1, 0.15) is 58.3 Å². The molecule has 3 heteroatoms. The van der Waals surface area contributed by atoms with Gasteiger partial charge in [-0.2, -0.15) is 0 Å². The average Bonchev–Trinajstić information content (AvgIpc) is 2.15. The molecule has 0 aromatic carbocycles. The minimum atomic E-state index is -0.243. The van der Waals surface area contributed by atoms with Crippen molar-refractivity contribution in [3.63, 3.8) is 0 Å². The van der Waals surface area contributed by atoms with Gasteiger partial charge in [0.1, 0.15) is 0 Å². The van der Waals surface area contributed by atoms with Crippen LogP contribution in [-0.4, -0.2) is 12.3 Å².